The largest absolute Gasteiger partial charge is 0.494 e. The first-order valence-corrected chi connectivity index (χ1v) is 8.65. The molecule has 0 saturated carbocycles. The Morgan fingerprint density at radius 2 is 2.04 bits per heavy atom. The number of hydrogen-bond donors (Lipinski definition) is 1. The standard InChI is InChI=1S/C19H17ClFN3O3/c1-26-16-11-14(21)9-10-15(16)22-17(25)3-2-4-18-23-19(24-27-18)12-5-7-13(20)8-6-12/h5-11H,2-4H2,1H3,(H,22,25). The molecule has 0 spiro atoms. The molecule has 0 bridgehead atoms. The molecule has 1 heterocycles. The van der Waals surface area contributed by atoms with Crippen molar-refractivity contribution < 1.29 is 18.4 Å². The van der Waals surface area contributed by atoms with Crippen molar-refractivity contribution in [2.45, 2.75) is 19.3 Å². The van der Waals surface area contributed by atoms with E-state index in [0.29, 0.717) is 35.3 Å². The highest BCUT2D eigenvalue weighted by Crippen LogP contribution is 2.25. The highest BCUT2D eigenvalue weighted by Gasteiger charge is 2.11. The molecule has 8 heteroatoms. The maximum Gasteiger partial charge on any atom is 0.226 e. The smallest absolute Gasteiger partial charge is 0.226 e. The highest BCUT2D eigenvalue weighted by atomic mass is 35.5. The number of amides is 1. The van der Waals surface area contributed by atoms with Crippen LogP contribution < -0.4 is 10.1 Å². The lowest BCUT2D eigenvalue weighted by Crippen LogP contribution is -2.12. The third kappa shape index (κ3) is 5.04. The van der Waals surface area contributed by atoms with E-state index in [1.54, 1.807) is 24.3 Å². The minimum absolute atomic E-state index is 0.211. The van der Waals surface area contributed by atoms with Crippen LogP contribution in [-0.2, 0) is 11.2 Å². The van der Waals surface area contributed by atoms with Crippen molar-refractivity contribution >= 4 is 23.2 Å². The summed E-state index contributed by atoms with van der Waals surface area (Å²) in [7, 11) is 1.41. The van der Waals surface area contributed by atoms with Gasteiger partial charge in [0.25, 0.3) is 0 Å². The number of methoxy groups -OCH3 is 1. The van der Waals surface area contributed by atoms with E-state index >= 15 is 0 Å². The van der Waals surface area contributed by atoms with E-state index in [1.165, 1.54) is 25.3 Å². The molecule has 0 unspecified atom stereocenters. The van der Waals surface area contributed by atoms with Crippen molar-refractivity contribution in [1.82, 2.24) is 10.1 Å². The maximum absolute atomic E-state index is 13.2. The highest BCUT2D eigenvalue weighted by molar-refractivity contribution is 6.30. The molecular weight excluding hydrogens is 373 g/mol. The predicted octanol–water partition coefficient (Wildman–Crippen LogP) is 4.50. The first kappa shape index (κ1) is 18.8. The van der Waals surface area contributed by atoms with Crippen LogP contribution >= 0.6 is 11.6 Å². The summed E-state index contributed by atoms with van der Waals surface area (Å²) in [5.74, 6) is 0.553. The van der Waals surface area contributed by atoms with E-state index in [1.807, 2.05) is 0 Å². The number of nitrogens with one attached hydrogen (secondary N) is 1. The number of carbonyl (C=O) groups is 1. The lowest BCUT2D eigenvalue weighted by molar-refractivity contribution is -0.116. The van der Waals surface area contributed by atoms with Gasteiger partial charge in [-0.25, -0.2) is 4.39 Å². The first-order valence-electron chi connectivity index (χ1n) is 8.27. The molecule has 0 atom stereocenters. The summed E-state index contributed by atoms with van der Waals surface area (Å²) in [6.45, 7) is 0. The van der Waals surface area contributed by atoms with Gasteiger partial charge in [-0.2, -0.15) is 4.98 Å². The van der Waals surface area contributed by atoms with Gasteiger partial charge in [0.1, 0.15) is 11.6 Å². The zero-order valence-corrected chi connectivity index (χ0v) is 15.3. The summed E-state index contributed by atoms with van der Waals surface area (Å²) in [6, 6.07) is 11.0. The normalized spacial score (nSPS) is 10.6. The Kier molecular flexibility index (Phi) is 6.03. The van der Waals surface area contributed by atoms with Crippen molar-refractivity contribution in [1.29, 1.82) is 0 Å². The molecule has 2 aromatic carbocycles. The molecule has 0 aliphatic carbocycles. The van der Waals surface area contributed by atoms with Crippen LogP contribution in [0.5, 0.6) is 5.75 Å². The van der Waals surface area contributed by atoms with Crippen LogP contribution in [0.2, 0.25) is 5.02 Å². The molecule has 3 rings (SSSR count). The second-order valence-corrected chi connectivity index (χ2v) is 6.20. The van der Waals surface area contributed by atoms with Crippen LogP contribution in [0.3, 0.4) is 0 Å². The van der Waals surface area contributed by atoms with E-state index in [4.69, 9.17) is 20.9 Å². The average molecular weight is 390 g/mol. The molecule has 0 aliphatic rings. The second kappa shape index (κ2) is 8.64. The Morgan fingerprint density at radius 1 is 1.26 bits per heavy atom. The molecule has 0 saturated heterocycles. The fourth-order valence-corrected chi connectivity index (χ4v) is 2.58. The van der Waals surface area contributed by atoms with Gasteiger partial charge in [-0.1, -0.05) is 16.8 Å². The summed E-state index contributed by atoms with van der Waals surface area (Å²) >= 11 is 5.86. The van der Waals surface area contributed by atoms with Gasteiger partial charge in [0.15, 0.2) is 0 Å². The van der Waals surface area contributed by atoms with Gasteiger partial charge in [0.05, 0.1) is 12.8 Å². The number of ether oxygens (including phenoxy) is 1. The first-order chi connectivity index (χ1) is 13.0. The second-order valence-electron chi connectivity index (χ2n) is 5.76. The fraction of sp³-hybridized carbons (Fsp3) is 0.211. The molecule has 0 radical (unpaired) electrons. The third-order valence-electron chi connectivity index (χ3n) is 3.80. The Bertz CT molecular complexity index is 928. The van der Waals surface area contributed by atoms with Gasteiger partial charge in [-0.05, 0) is 42.8 Å². The van der Waals surface area contributed by atoms with Crippen LogP contribution in [-0.4, -0.2) is 23.2 Å². The van der Waals surface area contributed by atoms with Crippen molar-refractivity contribution in [3.63, 3.8) is 0 Å². The molecule has 0 aliphatic heterocycles. The number of hydrogen-bond acceptors (Lipinski definition) is 5. The fourth-order valence-electron chi connectivity index (χ4n) is 2.45. The lowest BCUT2D eigenvalue weighted by Gasteiger charge is -2.09. The van der Waals surface area contributed by atoms with E-state index in [9.17, 15) is 9.18 Å². The Morgan fingerprint density at radius 3 is 2.78 bits per heavy atom. The van der Waals surface area contributed by atoms with Crippen LogP contribution in [0.25, 0.3) is 11.4 Å². The number of aromatic nitrogens is 2. The maximum atomic E-state index is 13.2. The van der Waals surface area contributed by atoms with Gasteiger partial charge < -0.3 is 14.6 Å². The van der Waals surface area contributed by atoms with Crippen LogP contribution in [0, 0.1) is 5.82 Å². The molecule has 0 fully saturated rings. The predicted molar refractivity (Wildman–Crippen MR) is 99.3 cm³/mol. The number of anilines is 1. The molecule has 1 N–H and O–H groups in total. The van der Waals surface area contributed by atoms with Gasteiger partial charge in [0.2, 0.25) is 17.6 Å². The topological polar surface area (TPSA) is 77.2 Å². The van der Waals surface area contributed by atoms with Gasteiger partial charge in [0, 0.05) is 29.5 Å². The van der Waals surface area contributed by atoms with Crippen LogP contribution in [0.1, 0.15) is 18.7 Å². The van der Waals surface area contributed by atoms with Gasteiger partial charge in [-0.3, -0.25) is 4.79 Å². The van der Waals surface area contributed by atoms with Gasteiger partial charge in [-0.15, -0.1) is 0 Å². The number of carbonyl (C=O) groups excluding carboxylic acids is 1. The number of aryl methyl sites for hydroxylation is 1. The number of halogens is 2. The Labute approximate surface area is 160 Å². The van der Waals surface area contributed by atoms with Crippen LogP contribution in [0.15, 0.2) is 47.0 Å². The summed E-state index contributed by atoms with van der Waals surface area (Å²) in [6.07, 6.45) is 1.24. The van der Waals surface area contributed by atoms with E-state index in [2.05, 4.69) is 15.5 Å². The monoisotopic (exact) mass is 389 g/mol. The van der Waals surface area contributed by atoms with Crippen LogP contribution in [0.4, 0.5) is 10.1 Å². The summed E-state index contributed by atoms with van der Waals surface area (Å²) < 4.78 is 23.5. The number of rotatable bonds is 7. The van der Waals surface area contributed by atoms with E-state index in [-0.39, 0.29) is 18.1 Å². The van der Waals surface area contributed by atoms with Crippen molar-refractivity contribution in [3.05, 3.63) is 59.2 Å². The zero-order valence-electron chi connectivity index (χ0n) is 14.5. The van der Waals surface area contributed by atoms with E-state index < -0.39 is 5.82 Å². The minimum Gasteiger partial charge on any atom is -0.494 e. The Balaban J connectivity index is 1.51. The summed E-state index contributed by atoms with van der Waals surface area (Å²) in [5.41, 5.74) is 1.22. The SMILES string of the molecule is COc1cc(F)ccc1NC(=O)CCCc1nc(-c2ccc(Cl)cc2)no1. The van der Waals surface area contributed by atoms with E-state index in [0.717, 1.165) is 5.56 Å². The van der Waals surface area contributed by atoms with Gasteiger partial charge >= 0.3 is 0 Å². The Hall–Kier alpha value is -2.93. The third-order valence-corrected chi connectivity index (χ3v) is 4.05. The molecule has 1 amide bonds. The van der Waals surface area contributed by atoms with Crippen molar-refractivity contribution in [2.75, 3.05) is 12.4 Å². The average Bonchev–Trinajstić information content (AvgIpc) is 3.12. The zero-order chi connectivity index (χ0) is 19.2. The molecule has 140 valence electrons. The quantitative estimate of drug-likeness (QED) is 0.643. The molecular formula is C19H17ClFN3O3. The van der Waals surface area contributed by atoms with Crippen molar-refractivity contribution in [3.8, 4) is 17.1 Å². The number of nitrogens with zero attached hydrogens (tertiary/aromatic N) is 2. The minimum atomic E-state index is -0.433. The van der Waals surface area contributed by atoms with Crippen molar-refractivity contribution in [2.24, 2.45) is 0 Å². The number of benzene rings is 2. The molecule has 1 aromatic heterocycles. The molecule has 3 aromatic rings. The lowest BCUT2D eigenvalue weighted by atomic mass is 10.2. The summed E-state index contributed by atoms with van der Waals surface area (Å²) in [4.78, 5) is 16.4. The summed E-state index contributed by atoms with van der Waals surface area (Å²) in [5, 5.41) is 7.26. The molecule has 27 heavy (non-hydrogen) atoms. The molecule has 6 nitrogen and oxygen atoms in total.